The molecule has 1 saturated heterocycles. The van der Waals surface area contributed by atoms with E-state index < -0.39 is 0 Å². The highest BCUT2D eigenvalue weighted by atomic mass is 15.2. The molecule has 0 radical (unpaired) electrons. The molecule has 3 heteroatoms. The van der Waals surface area contributed by atoms with Crippen LogP contribution in [0.5, 0.6) is 0 Å². The normalized spacial score (nSPS) is 25.8. The quantitative estimate of drug-likeness (QED) is 0.743. The van der Waals surface area contributed by atoms with E-state index in [1.165, 1.54) is 38.8 Å². The summed E-state index contributed by atoms with van der Waals surface area (Å²) in [5.41, 5.74) is 5.89. The van der Waals surface area contributed by atoms with Crippen LogP contribution in [0.25, 0.3) is 0 Å². The second-order valence-electron chi connectivity index (χ2n) is 5.21. The number of nitrogens with zero attached hydrogens (tertiary/aromatic N) is 2. The van der Waals surface area contributed by atoms with Crippen LogP contribution in [0.15, 0.2) is 0 Å². The monoisotopic (exact) mass is 213 g/mol. The van der Waals surface area contributed by atoms with Gasteiger partial charge < -0.3 is 10.6 Å². The van der Waals surface area contributed by atoms with Crippen LogP contribution in [0, 0.1) is 0 Å². The first kappa shape index (κ1) is 12.9. The lowest BCUT2D eigenvalue weighted by molar-refractivity contribution is 0.126. The predicted molar refractivity (Wildman–Crippen MR) is 66.0 cm³/mol. The van der Waals surface area contributed by atoms with Crippen LogP contribution in [0.4, 0.5) is 0 Å². The molecule has 1 aliphatic heterocycles. The van der Waals surface area contributed by atoms with E-state index >= 15 is 0 Å². The fourth-order valence-electron chi connectivity index (χ4n) is 2.40. The van der Waals surface area contributed by atoms with E-state index in [2.05, 4.69) is 30.8 Å². The van der Waals surface area contributed by atoms with Gasteiger partial charge in [0.2, 0.25) is 0 Å². The molecule has 0 bridgehead atoms. The maximum Gasteiger partial charge on any atom is 0.0139 e. The Morgan fingerprint density at radius 1 is 1.40 bits per heavy atom. The molecular formula is C12H27N3. The molecule has 1 fully saturated rings. The third-order valence-electron chi connectivity index (χ3n) is 3.18. The Kier molecular flexibility index (Phi) is 5.58. The maximum atomic E-state index is 5.89. The number of hydrogen-bond acceptors (Lipinski definition) is 3. The Bertz CT molecular complexity index is 168. The first-order valence-corrected chi connectivity index (χ1v) is 6.24. The lowest BCUT2D eigenvalue weighted by atomic mass is 9.98. The van der Waals surface area contributed by atoms with E-state index in [0.717, 1.165) is 12.6 Å². The highest BCUT2D eigenvalue weighted by molar-refractivity contribution is 4.79. The van der Waals surface area contributed by atoms with Gasteiger partial charge in [-0.1, -0.05) is 6.42 Å². The Hall–Kier alpha value is -0.120. The van der Waals surface area contributed by atoms with Gasteiger partial charge in [-0.05, 0) is 53.4 Å². The Labute approximate surface area is 94.6 Å². The fourth-order valence-corrected chi connectivity index (χ4v) is 2.40. The van der Waals surface area contributed by atoms with Gasteiger partial charge in [0.25, 0.3) is 0 Å². The zero-order valence-electron chi connectivity index (χ0n) is 10.6. The summed E-state index contributed by atoms with van der Waals surface area (Å²) < 4.78 is 0. The topological polar surface area (TPSA) is 32.5 Å². The van der Waals surface area contributed by atoms with Gasteiger partial charge in [0.15, 0.2) is 0 Å². The Balaban J connectivity index is 2.35. The van der Waals surface area contributed by atoms with Gasteiger partial charge >= 0.3 is 0 Å². The summed E-state index contributed by atoms with van der Waals surface area (Å²) in [5, 5.41) is 0. The highest BCUT2D eigenvalue weighted by Gasteiger charge is 2.22. The average Bonchev–Trinajstić information content (AvgIpc) is 2.15. The summed E-state index contributed by atoms with van der Waals surface area (Å²) in [6.07, 6.45) is 5.40. The van der Waals surface area contributed by atoms with Crippen LogP contribution in [0.3, 0.4) is 0 Å². The van der Waals surface area contributed by atoms with Crippen LogP contribution in [-0.4, -0.2) is 55.6 Å². The molecule has 2 atom stereocenters. The van der Waals surface area contributed by atoms with Gasteiger partial charge in [0, 0.05) is 18.6 Å². The molecule has 2 N–H and O–H groups in total. The third kappa shape index (κ3) is 4.96. The zero-order valence-corrected chi connectivity index (χ0v) is 10.6. The number of nitrogens with two attached hydrogens (primary N) is 1. The number of piperidine rings is 1. The summed E-state index contributed by atoms with van der Waals surface area (Å²) >= 11 is 0. The van der Waals surface area contributed by atoms with Crippen molar-refractivity contribution in [2.24, 2.45) is 5.73 Å². The van der Waals surface area contributed by atoms with Crippen LogP contribution in [0.1, 0.15) is 32.6 Å². The number of likely N-dealkylation sites (tertiary alicyclic amines) is 1. The van der Waals surface area contributed by atoms with Gasteiger partial charge in [-0.15, -0.1) is 0 Å². The molecule has 3 nitrogen and oxygen atoms in total. The smallest absolute Gasteiger partial charge is 0.0139 e. The molecule has 0 aromatic heterocycles. The lowest BCUT2D eigenvalue weighted by Crippen LogP contribution is -2.46. The Morgan fingerprint density at radius 2 is 2.13 bits per heavy atom. The second kappa shape index (κ2) is 6.46. The van der Waals surface area contributed by atoms with Crippen molar-refractivity contribution in [3.8, 4) is 0 Å². The largest absolute Gasteiger partial charge is 0.327 e. The summed E-state index contributed by atoms with van der Waals surface area (Å²) in [7, 11) is 4.30. The first-order chi connectivity index (χ1) is 7.09. The molecule has 2 unspecified atom stereocenters. The molecule has 15 heavy (non-hydrogen) atoms. The minimum Gasteiger partial charge on any atom is -0.327 e. The summed E-state index contributed by atoms with van der Waals surface area (Å²) in [6, 6.07) is 1.08. The van der Waals surface area contributed by atoms with Crippen molar-refractivity contribution < 1.29 is 0 Å². The summed E-state index contributed by atoms with van der Waals surface area (Å²) in [5.74, 6) is 0. The van der Waals surface area contributed by atoms with Crippen molar-refractivity contribution in [1.82, 2.24) is 9.80 Å². The van der Waals surface area contributed by atoms with Crippen molar-refractivity contribution in [2.75, 3.05) is 33.7 Å². The number of rotatable bonds is 5. The molecule has 0 aromatic carbocycles. The maximum absolute atomic E-state index is 5.89. The third-order valence-corrected chi connectivity index (χ3v) is 3.18. The van der Waals surface area contributed by atoms with Crippen LogP contribution in [-0.2, 0) is 0 Å². The van der Waals surface area contributed by atoms with Crippen LogP contribution < -0.4 is 5.73 Å². The predicted octanol–water partition coefficient (Wildman–Crippen LogP) is 1.14. The lowest BCUT2D eigenvalue weighted by Gasteiger charge is -2.37. The molecule has 0 saturated carbocycles. The standard InChI is InChI=1S/C12H27N3/c1-11(13)10-15-8-5-4-6-12(15)7-9-14(2)3/h11-12H,4-10,13H2,1-3H3. The van der Waals surface area contributed by atoms with E-state index in [4.69, 9.17) is 5.73 Å². The van der Waals surface area contributed by atoms with E-state index in [1.54, 1.807) is 0 Å². The van der Waals surface area contributed by atoms with E-state index in [9.17, 15) is 0 Å². The van der Waals surface area contributed by atoms with Crippen LogP contribution >= 0.6 is 0 Å². The molecule has 1 heterocycles. The SMILES string of the molecule is CC(N)CN1CCCCC1CCN(C)C. The molecule has 0 amide bonds. The van der Waals surface area contributed by atoms with Gasteiger partial charge in [0.05, 0.1) is 0 Å². The van der Waals surface area contributed by atoms with Crippen molar-refractivity contribution >= 4 is 0 Å². The van der Waals surface area contributed by atoms with Crippen molar-refractivity contribution in [1.29, 1.82) is 0 Å². The van der Waals surface area contributed by atoms with Gasteiger partial charge in [0.1, 0.15) is 0 Å². The average molecular weight is 213 g/mol. The van der Waals surface area contributed by atoms with Gasteiger partial charge in [-0.3, -0.25) is 4.90 Å². The van der Waals surface area contributed by atoms with Crippen molar-refractivity contribution in [2.45, 2.75) is 44.7 Å². The molecular weight excluding hydrogens is 186 g/mol. The molecule has 90 valence electrons. The second-order valence-corrected chi connectivity index (χ2v) is 5.21. The van der Waals surface area contributed by atoms with Gasteiger partial charge in [-0.2, -0.15) is 0 Å². The molecule has 1 rings (SSSR count). The number of hydrogen-bond donors (Lipinski definition) is 1. The fraction of sp³-hybridized carbons (Fsp3) is 1.00. The zero-order chi connectivity index (χ0) is 11.3. The van der Waals surface area contributed by atoms with Gasteiger partial charge in [-0.25, -0.2) is 0 Å². The van der Waals surface area contributed by atoms with E-state index in [0.29, 0.717) is 6.04 Å². The summed E-state index contributed by atoms with van der Waals surface area (Å²) in [6.45, 7) is 5.62. The molecule has 0 spiro atoms. The highest BCUT2D eigenvalue weighted by Crippen LogP contribution is 2.19. The van der Waals surface area contributed by atoms with E-state index in [1.807, 2.05) is 0 Å². The van der Waals surface area contributed by atoms with Crippen LogP contribution in [0.2, 0.25) is 0 Å². The minimum atomic E-state index is 0.310. The van der Waals surface area contributed by atoms with E-state index in [-0.39, 0.29) is 0 Å². The van der Waals surface area contributed by atoms with Crippen molar-refractivity contribution in [3.63, 3.8) is 0 Å². The molecule has 0 aromatic rings. The molecule has 1 aliphatic rings. The Morgan fingerprint density at radius 3 is 2.73 bits per heavy atom. The van der Waals surface area contributed by atoms with Crippen molar-refractivity contribution in [3.05, 3.63) is 0 Å². The molecule has 0 aliphatic carbocycles. The summed E-state index contributed by atoms with van der Waals surface area (Å²) in [4.78, 5) is 4.87. The minimum absolute atomic E-state index is 0.310. The first-order valence-electron chi connectivity index (χ1n) is 6.24.